The Labute approximate surface area is 127 Å². The van der Waals surface area contributed by atoms with Crippen molar-refractivity contribution in [2.45, 2.75) is 65.8 Å². The van der Waals surface area contributed by atoms with Crippen molar-refractivity contribution in [1.82, 2.24) is 0 Å². The summed E-state index contributed by atoms with van der Waals surface area (Å²) in [6.07, 6.45) is 0. The number of benzene rings is 1. The molecule has 0 fully saturated rings. The Bertz CT molecular complexity index is 549. The van der Waals surface area contributed by atoms with Crippen LogP contribution in [0.15, 0.2) is 6.07 Å². The van der Waals surface area contributed by atoms with E-state index < -0.39 is 0 Å². The fourth-order valence-electron chi connectivity index (χ4n) is 2.50. The van der Waals surface area contributed by atoms with Crippen LogP contribution in [-0.4, -0.2) is 11.1 Å². The number of ether oxygens (including phenoxy) is 1. The zero-order chi connectivity index (χ0) is 16.6. The quantitative estimate of drug-likeness (QED) is 0.647. The van der Waals surface area contributed by atoms with Gasteiger partial charge in [-0.25, -0.2) is 0 Å². The molecule has 0 radical (unpaired) electrons. The molecule has 21 heavy (non-hydrogen) atoms. The SMILES string of the molecule is CC(=O)Oc1c(C(C)(C)C)cc(O)c(CN)c1C(C)(C)C. The molecule has 4 nitrogen and oxygen atoms in total. The van der Waals surface area contributed by atoms with Crippen molar-refractivity contribution in [3.05, 3.63) is 22.8 Å². The second kappa shape index (κ2) is 5.68. The molecule has 0 atom stereocenters. The van der Waals surface area contributed by atoms with E-state index in [-0.39, 0.29) is 29.1 Å². The predicted molar refractivity (Wildman–Crippen MR) is 84.7 cm³/mol. The van der Waals surface area contributed by atoms with E-state index in [1.54, 1.807) is 6.07 Å². The number of phenols is 1. The van der Waals surface area contributed by atoms with Gasteiger partial charge in [-0.15, -0.1) is 0 Å². The number of nitrogens with two attached hydrogens (primary N) is 1. The molecule has 0 aliphatic heterocycles. The maximum Gasteiger partial charge on any atom is 0.308 e. The molecule has 1 aromatic rings. The summed E-state index contributed by atoms with van der Waals surface area (Å²) in [5.41, 5.74) is 7.46. The lowest BCUT2D eigenvalue weighted by Crippen LogP contribution is -2.23. The van der Waals surface area contributed by atoms with Gasteiger partial charge in [-0.3, -0.25) is 4.79 Å². The van der Waals surface area contributed by atoms with Crippen molar-refractivity contribution < 1.29 is 14.6 Å². The van der Waals surface area contributed by atoms with Crippen LogP contribution in [0.2, 0.25) is 0 Å². The highest BCUT2D eigenvalue weighted by molar-refractivity contribution is 5.72. The average molecular weight is 293 g/mol. The first-order chi connectivity index (χ1) is 9.39. The summed E-state index contributed by atoms with van der Waals surface area (Å²) >= 11 is 0. The van der Waals surface area contributed by atoms with Crippen molar-refractivity contribution in [2.75, 3.05) is 0 Å². The summed E-state index contributed by atoms with van der Waals surface area (Å²) in [5, 5.41) is 10.3. The largest absolute Gasteiger partial charge is 0.508 e. The summed E-state index contributed by atoms with van der Waals surface area (Å²) in [4.78, 5) is 11.5. The third-order valence-electron chi connectivity index (χ3n) is 3.37. The number of hydrogen-bond donors (Lipinski definition) is 2. The number of hydrogen-bond acceptors (Lipinski definition) is 4. The van der Waals surface area contributed by atoms with Crippen LogP contribution in [0.4, 0.5) is 0 Å². The zero-order valence-corrected chi connectivity index (χ0v) is 14.1. The Balaban J connectivity index is 3.85. The molecular formula is C17H27NO3. The monoisotopic (exact) mass is 293 g/mol. The van der Waals surface area contributed by atoms with E-state index in [4.69, 9.17) is 10.5 Å². The van der Waals surface area contributed by atoms with Gasteiger partial charge < -0.3 is 15.6 Å². The summed E-state index contributed by atoms with van der Waals surface area (Å²) in [5.74, 6) is 0.309. The van der Waals surface area contributed by atoms with Crippen LogP contribution in [0, 0.1) is 0 Å². The molecule has 0 amide bonds. The Morgan fingerprint density at radius 3 is 2.05 bits per heavy atom. The molecular weight excluding hydrogens is 266 g/mol. The standard InChI is InChI=1S/C17H27NO3/c1-10(19)21-15-12(16(2,3)4)8-13(20)11(9-18)14(15)17(5,6)7/h8,20H,9,18H2,1-7H3. The van der Waals surface area contributed by atoms with Gasteiger partial charge in [0.2, 0.25) is 0 Å². The minimum Gasteiger partial charge on any atom is -0.508 e. The minimum absolute atomic E-state index is 0.156. The first-order valence-electron chi connectivity index (χ1n) is 7.18. The minimum atomic E-state index is -0.375. The lowest BCUT2D eigenvalue weighted by molar-refractivity contribution is -0.132. The van der Waals surface area contributed by atoms with Crippen molar-refractivity contribution in [1.29, 1.82) is 0 Å². The summed E-state index contributed by atoms with van der Waals surface area (Å²) < 4.78 is 5.52. The third kappa shape index (κ3) is 3.76. The van der Waals surface area contributed by atoms with E-state index >= 15 is 0 Å². The molecule has 118 valence electrons. The first kappa shape index (κ1) is 17.5. The maximum absolute atomic E-state index is 11.5. The van der Waals surface area contributed by atoms with Crippen molar-refractivity contribution in [3.8, 4) is 11.5 Å². The van der Waals surface area contributed by atoms with Crippen LogP contribution >= 0.6 is 0 Å². The van der Waals surface area contributed by atoms with Gasteiger partial charge >= 0.3 is 5.97 Å². The van der Waals surface area contributed by atoms with E-state index in [0.29, 0.717) is 11.3 Å². The normalized spacial score (nSPS) is 12.4. The Morgan fingerprint density at radius 1 is 1.19 bits per heavy atom. The molecule has 0 saturated heterocycles. The molecule has 0 spiro atoms. The van der Waals surface area contributed by atoms with Crippen LogP contribution in [0.1, 0.15) is 65.2 Å². The molecule has 0 aromatic heterocycles. The fraction of sp³-hybridized carbons (Fsp3) is 0.588. The van der Waals surface area contributed by atoms with Gasteiger partial charge in [0.25, 0.3) is 0 Å². The number of aromatic hydroxyl groups is 1. The lowest BCUT2D eigenvalue weighted by atomic mass is 9.77. The average Bonchev–Trinajstić information content (AvgIpc) is 2.26. The van der Waals surface area contributed by atoms with Gasteiger partial charge in [-0.1, -0.05) is 41.5 Å². The molecule has 0 aliphatic carbocycles. The molecule has 0 bridgehead atoms. The second-order valence-electron chi connectivity index (χ2n) is 7.42. The Hall–Kier alpha value is -1.55. The van der Waals surface area contributed by atoms with Crippen molar-refractivity contribution in [3.63, 3.8) is 0 Å². The number of rotatable bonds is 2. The molecule has 3 N–H and O–H groups in total. The van der Waals surface area contributed by atoms with E-state index in [2.05, 4.69) is 0 Å². The number of carbonyl (C=O) groups is 1. The topological polar surface area (TPSA) is 72.5 Å². The molecule has 0 aliphatic rings. The second-order valence-corrected chi connectivity index (χ2v) is 7.42. The van der Waals surface area contributed by atoms with Gasteiger partial charge in [0, 0.05) is 30.2 Å². The maximum atomic E-state index is 11.5. The van der Waals surface area contributed by atoms with Gasteiger partial charge in [-0.2, -0.15) is 0 Å². The highest BCUT2D eigenvalue weighted by atomic mass is 16.5. The van der Waals surface area contributed by atoms with E-state index in [9.17, 15) is 9.90 Å². The van der Waals surface area contributed by atoms with E-state index in [1.165, 1.54) is 6.92 Å². The molecule has 1 aromatic carbocycles. The number of esters is 1. The van der Waals surface area contributed by atoms with Gasteiger partial charge in [0.05, 0.1) is 0 Å². The predicted octanol–water partition coefficient (Wildman–Crippen LogP) is 3.37. The van der Waals surface area contributed by atoms with E-state index in [1.807, 2.05) is 41.5 Å². The smallest absolute Gasteiger partial charge is 0.308 e. The van der Waals surface area contributed by atoms with Gasteiger partial charge in [0.1, 0.15) is 11.5 Å². The van der Waals surface area contributed by atoms with Crippen molar-refractivity contribution in [2.24, 2.45) is 5.73 Å². The van der Waals surface area contributed by atoms with Crippen LogP contribution in [0.25, 0.3) is 0 Å². The number of carbonyl (C=O) groups excluding carboxylic acids is 1. The molecule has 1 rings (SSSR count). The summed E-state index contributed by atoms with van der Waals surface area (Å²) in [7, 11) is 0. The molecule has 0 heterocycles. The van der Waals surface area contributed by atoms with Crippen LogP contribution < -0.4 is 10.5 Å². The third-order valence-corrected chi connectivity index (χ3v) is 3.37. The molecule has 4 heteroatoms. The van der Waals surface area contributed by atoms with Crippen molar-refractivity contribution >= 4 is 5.97 Å². The zero-order valence-electron chi connectivity index (χ0n) is 14.1. The van der Waals surface area contributed by atoms with Gasteiger partial charge in [-0.05, 0) is 16.9 Å². The lowest BCUT2D eigenvalue weighted by Gasteiger charge is -2.31. The fourth-order valence-corrected chi connectivity index (χ4v) is 2.50. The highest BCUT2D eigenvalue weighted by Gasteiger charge is 2.31. The Kier molecular flexibility index (Phi) is 4.73. The van der Waals surface area contributed by atoms with Crippen LogP contribution in [0.5, 0.6) is 11.5 Å². The highest BCUT2D eigenvalue weighted by Crippen LogP contribution is 2.45. The summed E-state index contributed by atoms with van der Waals surface area (Å²) in [6, 6.07) is 1.66. The van der Waals surface area contributed by atoms with Crippen LogP contribution in [-0.2, 0) is 22.2 Å². The van der Waals surface area contributed by atoms with Crippen LogP contribution in [0.3, 0.4) is 0 Å². The molecule has 0 unspecified atom stereocenters. The summed E-state index contributed by atoms with van der Waals surface area (Å²) in [6.45, 7) is 13.7. The Morgan fingerprint density at radius 2 is 1.71 bits per heavy atom. The number of phenolic OH excluding ortho intramolecular Hbond substituents is 1. The van der Waals surface area contributed by atoms with E-state index in [0.717, 1.165) is 11.1 Å². The first-order valence-corrected chi connectivity index (χ1v) is 7.18. The molecule has 0 saturated carbocycles. The van der Waals surface area contributed by atoms with Gasteiger partial charge in [0.15, 0.2) is 0 Å².